The van der Waals surface area contributed by atoms with E-state index < -0.39 is 28.9 Å². The first kappa shape index (κ1) is 24.7. The van der Waals surface area contributed by atoms with Crippen LogP contribution in [0.4, 0.5) is 13.2 Å². The molecule has 0 atom stereocenters. The van der Waals surface area contributed by atoms with Gasteiger partial charge >= 0.3 is 11.8 Å². The maximum Gasteiger partial charge on any atom is 0.455 e. The Bertz CT molecular complexity index is 1250. The monoisotopic (exact) mass is 553 g/mol. The minimum atomic E-state index is -5.29. The van der Waals surface area contributed by atoms with E-state index in [9.17, 15) is 27.9 Å². The van der Waals surface area contributed by atoms with E-state index in [1.807, 2.05) is 24.3 Å². The molecule has 1 radical (unpaired) electrons. The molecule has 2 aromatic heterocycles. The number of aromatic hydroxyl groups is 1. The fourth-order valence-corrected chi connectivity index (χ4v) is 3.87. The molecule has 0 fully saturated rings. The number of hydrogen-bond acceptors (Lipinski definition) is 5. The molecule has 0 saturated carbocycles. The average Bonchev–Trinajstić information content (AvgIpc) is 2.90. The molecule has 0 spiro atoms. The Morgan fingerprint density at radius 2 is 1.64 bits per heavy atom. The average molecular weight is 552 g/mol. The molecule has 4 rings (SSSR count). The number of rotatable bonds is 1. The largest absolute Gasteiger partial charge is 0.506 e. The quantitative estimate of drug-likeness (QED) is 0.288. The smallest absolute Gasteiger partial charge is 0.455 e. The molecule has 149 valence electrons. The van der Waals surface area contributed by atoms with Crippen molar-refractivity contribution in [2.45, 2.75) is 6.18 Å². The van der Waals surface area contributed by atoms with Crippen molar-refractivity contribution >= 4 is 48.3 Å². The van der Waals surface area contributed by atoms with Crippen molar-refractivity contribution in [3.05, 3.63) is 52.4 Å². The zero-order chi connectivity index (χ0) is 17.9. The summed E-state index contributed by atoms with van der Waals surface area (Å²) in [7, 11) is 0. The summed E-state index contributed by atoms with van der Waals surface area (Å²) in [6, 6.07) is 10.3. The number of fused-ring (bicyclic) bond motifs is 4. The topological polar surface area (TPSA) is 131 Å². The fourth-order valence-electron chi connectivity index (χ4n) is 2.75. The van der Waals surface area contributed by atoms with Crippen LogP contribution in [0.1, 0.15) is 10.4 Å². The summed E-state index contributed by atoms with van der Waals surface area (Å²) in [5.74, 6) is -3.45. The molecule has 4 aromatic rings. The molecule has 0 bridgehead atoms. The summed E-state index contributed by atoms with van der Waals surface area (Å²) < 4.78 is 44.4. The Kier molecular flexibility index (Phi) is 7.54. The van der Waals surface area contributed by atoms with Crippen LogP contribution in [0.25, 0.3) is 31.1 Å². The molecule has 28 heavy (non-hydrogen) atoms. The zero-order valence-electron chi connectivity index (χ0n) is 13.6. The summed E-state index contributed by atoms with van der Waals surface area (Å²) in [5, 5.41) is 11.6. The molecule has 0 unspecified atom stereocenters. The number of hydrogen-bond donors (Lipinski definition) is 1. The van der Waals surface area contributed by atoms with E-state index in [2.05, 4.69) is 0 Å². The van der Waals surface area contributed by atoms with E-state index in [1.165, 1.54) is 23.5 Å². The van der Waals surface area contributed by atoms with E-state index >= 15 is 0 Å². The molecule has 0 aliphatic heterocycles. The normalized spacial score (nSPS) is 11.0. The van der Waals surface area contributed by atoms with Crippen molar-refractivity contribution in [1.82, 2.24) is 0 Å². The molecule has 0 aliphatic rings. The predicted molar refractivity (Wildman–Crippen MR) is 94.7 cm³/mol. The van der Waals surface area contributed by atoms with Crippen LogP contribution in [0.2, 0.25) is 0 Å². The SMILES string of the molecule is O.O.O=C(c1c(O)c2cc3sc4ccccc4c3cc2oc1=O)C(F)(F)F.[Eu]. The number of alkyl halides is 3. The third-order valence-corrected chi connectivity index (χ3v) is 5.00. The summed E-state index contributed by atoms with van der Waals surface area (Å²) in [5.41, 5.74) is -3.01. The van der Waals surface area contributed by atoms with Crippen molar-refractivity contribution in [2.24, 2.45) is 0 Å². The van der Waals surface area contributed by atoms with Gasteiger partial charge in [-0.1, -0.05) is 18.2 Å². The number of carbonyl (C=O) groups is 1. The van der Waals surface area contributed by atoms with E-state index in [1.54, 1.807) is 0 Å². The molecule has 2 aromatic carbocycles. The molecule has 0 aliphatic carbocycles. The number of carbonyl (C=O) groups excluding carboxylic acids is 1. The van der Waals surface area contributed by atoms with E-state index in [4.69, 9.17) is 4.42 Å². The summed E-state index contributed by atoms with van der Waals surface area (Å²) >= 11 is 1.37. The second kappa shape index (κ2) is 8.56. The fraction of sp³-hybridized carbons (Fsp3) is 0.0588. The summed E-state index contributed by atoms with van der Waals surface area (Å²) in [6.07, 6.45) is -5.29. The molecule has 2 heterocycles. The van der Waals surface area contributed by atoms with Crippen LogP contribution in [-0.4, -0.2) is 28.0 Å². The zero-order valence-corrected chi connectivity index (χ0v) is 16.8. The third kappa shape index (κ3) is 3.87. The van der Waals surface area contributed by atoms with Crippen molar-refractivity contribution in [2.75, 3.05) is 0 Å². The number of benzene rings is 2. The molecule has 0 amide bonds. The van der Waals surface area contributed by atoms with Crippen LogP contribution in [-0.2, 0) is 0 Å². The minimum Gasteiger partial charge on any atom is -0.506 e. The Hall–Kier alpha value is -1.37. The van der Waals surface area contributed by atoms with Gasteiger partial charge in [0.05, 0.1) is 5.39 Å². The second-order valence-corrected chi connectivity index (χ2v) is 6.47. The Morgan fingerprint density at radius 1 is 1.00 bits per heavy atom. The van der Waals surface area contributed by atoms with Gasteiger partial charge < -0.3 is 20.5 Å². The van der Waals surface area contributed by atoms with Crippen LogP contribution in [0.15, 0.2) is 45.6 Å². The van der Waals surface area contributed by atoms with Gasteiger partial charge in [0.25, 0.3) is 5.78 Å². The maximum absolute atomic E-state index is 12.6. The van der Waals surface area contributed by atoms with E-state index in [0.717, 1.165) is 15.5 Å². The molecular weight excluding hydrogens is 541 g/mol. The number of halogens is 3. The summed E-state index contributed by atoms with van der Waals surface area (Å²) in [4.78, 5) is 23.2. The molecule has 0 saturated heterocycles. The van der Waals surface area contributed by atoms with Crippen molar-refractivity contribution < 1.29 is 87.8 Å². The second-order valence-electron chi connectivity index (χ2n) is 5.38. The van der Waals surface area contributed by atoms with Gasteiger partial charge in [-0.25, -0.2) is 4.79 Å². The maximum atomic E-state index is 12.6. The molecule has 5 N–H and O–H groups in total. The van der Waals surface area contributed by atoms with Crippen molar-refractivity contribution in [1.29, 1.82) is 0 Å². The Labute approximate surface area is 198 Å². The Balaban J connectivity index is 0.00000131. The number of Topliss-reactive ketones (excluding diaryl/α,β-unsaturated/α-hetero) is 1. The van der Waals surface area contributed by atoms with E-state index in [0.29, 0.717) is 4.70 Å². The van der Waals surface area contributed by atoms with Crippen LogP contribution in [0.3, 0.4) is 0 Å². The first-order valence-corrected chi connectivity index (χ1v) is 7.81. The first-order chi connectivity index (χ1) is 11.8. The van der Waals surface area contributed by atoms with Crippen molar-refractivity contribution in [3.63, 3.8) is 0 Å². The van der Waals surface area contributed by atoms with Crippen LogP contribution >= 0.6 is 11.3 Å². The van der Waals surface area contributed by atoms with Crippen LogP contribution < -0.4 is 5.63 Å². The van der Waals surface area contributed by atoms with Gasteiger partial charge in [-0.15, -0.1) is 11.3 Å². The van der Waals surface area contributed by atoms with Gasteiger partial charge in [-0.2, -0.15) is 13.2 Å². The van der Waals surface area contributed by atoms with Crippen LogP contribution in [0, 0.1) is 49.4 Å². The predicted octanol–water partition coefficient (Wildman–Crippen LogP) is 2.96. The van der Waals surface area contributed by atoms with Crippen molar-refractivity contribution in [3.8, 4) is 5.75 Å². The summed E-state index contributed by atoms with van der Waals surface area (Å²) in [6.45, 7) is 0. The molecule has 11 heteroatoms. The van der Waals surface area contributed by atoms with Gasteiger partial charge in [0.2, 0.25) is 0 Å². The Morgan fingerprint density at radius 3 is 2.29 bits per heavy atom. The van der Waals surface area contributed by atoms with Gasteiger partial charge in [0.15, 0.2) is 5.56 Å². The van der Waals surface area contributed by atoms with Crippen LogP contribution in [0.5, 0.6) is 5.75 Å². The van der Waals surface area contributed by atoms with Gasteiger partial charge in [-0.3, -0.25) is 4.79 Å². The molecular formula is C17H11EuF3O6S. The van der Waals surface area contributed by atoms with Gasteiger partial charge in [0, 0.05) is 69.5 Å². The molecule has 6 nitrogen and oxygen atoms in total. The number of thiophene rings is 1. The van der Waals surface area contributed by atoms with Gasteiger partial charge in [0.1, 0.15) is 11.3 Å². The van der Waals surface area contributed by atoms with Gasteiger partial charge in [-0.05, 0) is 18.2 Å². The minimum absolute atomic E-state index is 0. The third-order valence-electron chi connectivity index (χ3n) is 3.86. The van der Waals surface area contributed by atoms with E-state index in [-0.39, 0.29) is 71.3 Å². The standard InChI is InChI=1S/C17H7F3O4S.Eu.2H2O/c18-17(19,20)15(22)13-14(21)9-6-12-8(5-10(9)24-16(13)23)7-3-1-2-4-11(7)25-12;;;/h1-6,21H;;2*1H2. The first-order valence-electron chi connectivity index (χ1n) is 7.00. The number of ketones is 1.